The van der Waals surface area contributed by atoms with Crippen molar-refractivity contribution in [3.05, 3.63) is 0 Å². The first-order valence-electron chi connectivity index (χ1n) is 4.75. The van der Waals surface area contributed by atoms with Crippen molar-refractivity contribution in [2.45, 2.75) is 46.1 Å². The maximum Gasteiger partial charge on any atom is 0.302 e. The second-order valence-electron chi connectivity index (χ2n) is 4.15. The monoisotopic (exact) mass is 170 g/mol. The maximum absolute atomic E-state index is 10.7. The predicted octanol–water partition coefficient (Wildman–Crippen LogP) is 2.37. The molecule has 0 aromatic carbocycles. The van der Waals surface area contributed by atoms with E-state index in [9.17, 15) is 4.79 Å². The third-order valence-electron chi connectivity index (χ3n) is 2.47. The minimum absolute atomic E-state index is 0.138. The van der Waals surface area contributed by atoms with Crippen molar-refractivity contribution in [2.24, 2.45) is 11.8 Å². The molecule has 0 aliphatic heterocycles. The lowest BCUT2D eigenvalue weighted by Crippen LogP contribution is -2.27. The Labute approximate surface area is 74.3 Å². The highest BCUT2D eigenvalue weighted by molar-refractivity contribution is 5.66. The zero-order chi connectivity index (χ0) is 9.14. The fourth-order valence-corrected chi connectivity index (χ4v) is 2.20. The van der Waals surface area contributed by atoms with Gasteiger partial charge < -0.3 is 4.74 Å². The van der Waals surface area contributed by atoms with Gasteiger partial charge in [0, 0.05) is 6.92 Å². The molecule has 0 heterocycles. The fourth-order valence-electron chi connectivity index (χ4n) is 2.20. The third kappa shape index (κ3) is 2.84. The highest BCUT2D eigenvalue weighted by Gasteiger charge is 2.25. The van der Waals surface area contributed by atoms with E-state index >= 15 is 0 Å². The zero-order valence-corrected chi connectivity index (χ0v) is 8.17. The van der Waals surface area contributed by atoms with Gasteiger partial charge >= 0.3 is 5.97 Å². The first kappa shape index (κ1) is 9.56. The van der Waals surface area contributed by atoms with Gasteiger partial charge in [-0.05, 0) is 31.1 Å². The van der Waals surface area contributed by atoms with Crippen molar-refractivity contribution in [3.8, 4) is 0 Å². The largest absolute Gasteiger partial charge is 0.463 e. The number of carbonyl (C=O) groups is 1. The molecule has 2 nitrogen and oxygen atoms in total. The van der Waals surface area contributed by atoms with Crippen molar-refractivity contribution in [2.75, 3.05) is 0 Å². The van der Waals surface area contributed by atoms with Gasteiger partial charge in [0.25, 0.3) is 0 Å². The third-order valence-corrected chi connectivity index (χ3v) is 2.47. The number of hydrogen-bond donors (Lipinski definition) is 0. The highest BCUT2D eigenvalue weighted by Crippen LogP contribution is 2.30. The van der Waals surface area contributed by atoms with Crippen LogP contribution in [0, 0.1) is 11.8 Å². The van der Waals surface area contributed by atoms with Crippen LogP contribution in [0.5, 0.6) is 0 Å². The van der Waals surface area contributed by atoms with Crippen LogP contribution in [0.25, 0.3) is 0 Å². The molecular formula is C10H18O2. The Balaban J connectivity index is 2.38. The summed E-state index contributed by atoms with van der Waals surface area (Å²) < 4.78 is 5.19. The zero-order valence-electron chi connectivity index (χ0n) is 8.17. The molecule has 12 heavy (non-hydrogen) atoms. The molecule has 1 aliphatic rings. The Bertz CT molecular complexity index is 155. The van der Waals surface area contributed by atoms with Crippen LogP contribution in [0.2, 0.25) is 0 Å². The summed E-state index contributed by atoms with van der Waals surface area (Å²) in [7, 11) is 0. The Morgan fingerprint density at radius 1 is 1.17 bits per heavy atom. The van der Waals surface area contributed by atoms with E-state index in [-0.39, 0.29) is 12.1 Å². The van der Waals surface area contributed by atoms with Gasteiger partial charge in [0.05, 0.1) is 0 Å². The van der Waals surface area contributed by atoms with Crippen LogP contribution >= 0.6 is 0 Å². The molecule has 2 heteroatoms. The fraction of sp³-hybridized carbons (Fsp3) is 0.900. The van der Waals surface area contributed by atoms with E-state index in [0.29, 0.717) is 11.8 Å². The van der Waals surface area contributed by atoms with Crippen LogP contribution in [0.4, 0.5) is 0 Å². The summed E-state index contributed by atoms with van der Waals surface area (Å²) in [5.41, 5.74) is 0. The average molecular weight is 170 g/mol. The van der Waals surface area contributed by atoms with Crippen LogP contribution in [-0.2, 0) is 9.53 Å². The molecule has 70 valence electrons. The van der Waals surface area contributed by atoms with Gasteiger partial charge in [-0.25, -0.2) is 0 Å². The molecule has 0 amide bonds. The summed E-state index contributed by atoms with van der Waals surface area (Å²) in [4.78, 5) is 10.7. The summed E-state index contributed by atoms with van der Waals surface area (Å²) in [6.45, 7) is 5.95. The molecule has 1 rings (SSSR count). The van der Waals surface area contributed by atoms with Gasteiger partial charge in [-0.3, -0.25) is 4.79 Å². The molecule has 0 spiro atoms. The van der Waals surface area contributed by atoms with E-state index < -0.39 is 0 Å². The highest BCUT2D eigenvalue weighted by atomic mass is 16.5. The molecule has 1 unspecified atom stereocenters. The molecule has 0 aromatic heterocycles. The van der Waals surface area contributed by atoms with E-state index in [1.165, 1.54) is 13.3 Å². The number of esters is 1. The minimum Gasteiger partial charge on any atom is -0.463 e. The van der Waals surface area contributed by atoms with Crippen LogP contribution in [0.1, 0.15) is 40.0 Å². The minimum atomic E-state index is -0.138. The lowest BCUT2D eigenvalue weighted by Gasteiger charge is -2.30. The van der Waals surface area contributed by atoms with Crippen molar-refractivity contribution < 1.29 is 9.53 Å². The topological polar surface area (TPSA) is 26.3 Å². The van der Waals surface area contributed by atoms with Gasteiger partial charge in [0.2, 0.25) is 0 Å². The smallest absolute Gasteiger partial charge is 0.302 e. The number of ether oxygens (including phenoxy) is 1. The maximum atomic E-state index is 10.7. The van der Waals surface area contributed by atoms with Crippen molar-refractivity contribution >= 4 is 5.97 Å². The van der Waals surface area contributed by atoms with Crippen molar-refractivity contribution in [3.63, 3.8) is 0 Å². The average Bonchev–Trinajstić information content (AvgIpc) is 1.81. The second-order valence-corrected chi connectivity index (χ2v) is 4.15. The van der Waals surface area contributed by atoms with Gasteiger partial charge in [-0.1, -0.05) is 13.8 Å². The first-order valence-corrected chi connectivity index (χ1v) is 4.75. The van der Waals surface area contributed by atoms with Crippen LogP contribution < -0.4 is 0 Å². The summed E-state index contributed by atoms with van der Waals surface area (Å²) >= 11 is 0. The van der Waals surface area contributed by atoms with Crippen LogP contribution in [0.15, 0.2) is 0 Å². The lowest BCUT2D eigenvalue weighted by atomic mass is 9.82. The molecule has 0 radical (unpaired) electrons. The van der Waals surface area contributed by atoms with Gasteiger partial charge in [-0.2, -0.15) is 0 Å². The lowest BCUT2D eigenvalue weighted by molar-refractivity contribution is -0.149. The molecule has 0 aromatic rings. The summed E-state index contributed by atoms with van der Waals surface area (Å²) in [6, 6.07) is 0. The van der Waals surface area contributed by atoms with Crippen LogP contribution in [-0.4, -0.2) is 12.1 Å². The number of carbonyl (C=O) groups excluding carboxylic acids is 1. The Morgan fingerprint density at radius 2 is 1.67 bits per heavy atom. The van der Waals surface area contributed by atoms with Crippen molar-refractivity contribution in [1.82, 2.24) is 0 Å². The first-order chi connectivity index (χ1) is 5.58. The summed E-state index contributed by atoms with van der Waals surface area (Å²) in [5, 5.41) is 0. The Kier molecular flexibility index (Phi) is 3.12. The molecule has 0 bridgehead atoms. The normalized spacial score (nSPS) is 36.1. The molecular weight excluding hydrogens is 152 g/mol. The van der Waals surface area contributed by atoms with E-state index in [1.54, 1.807) is 0 Å². The van der Waals surface area contributed by atoms with Gasteiger partial charge in [0.1, 0.15) is 6.10 Å². The van der Waals surface area contributed by atoms with Gasteiger partial charge in [-0.15, -0.1) is 0 Å². The number of rotatable bonds is 1. The summed E-state index contributed by atoms with van der Waals surface area (Å²) in [5.74, 6) is 1.28. The number of hydrogen-bond acceptors (Lipinski definition) is 2. The van der Waals surface area contributed by atoms with E-state index in [1.807, 2.05) is 0 Å². The second kappa shape index (κ2) is 3.92. The Morgan fingerprint density at radius 3 is 2.08 bits per heavy atom. The Hall–Kier alpha value is -0.530. The quantitative estimate of drug-likeness (QED) is 0.565. The van der Waals surface area contributed by atoms with Crippen LogP contribution in [0.3, 0.4) is 0 Å². The summed E-state index contributed by atoms with van der Waals surface area (Å²) in [6.07, 6.45) is 3.55. The predicted molar refractivity (Wildman–Crippen MR) is 47.7 cm³/mol. The molecule has 3 atom stereocenters. The standard InChI is InChI=1S/C10H18O2/c1-7-4-8(2)6-10(5-7)12-9(3)11/h7-8,10H,4-6H2,1-3H3/t7-,8+,10?. The molecule has 1 aliphatic carbocycles. The molecule has 0 N–H and O–H groups in total. The van der Waals surface area contributed by atoms with E-state index in [0.717, 1.165) is 12.8 Å². The van der Waals surface area contributed by atoms with E-state index in [4.69, 9.17) is 4.74 Å². The SMILES string of the molecule is CC(=O)OC1C[C@@H](C)C[C@@H](C)C1. The molecule has 1 fully saturated rings. The van der Waals surface area contributed by atoms with E-state index in [2.05, 4.69) is 13.8 Å². The molecule has 1 saturated carbocycles. The van der Waals surface area contributed by atoms with Gasteiger partial charge in [0.15, 0.2) is 0 Å². The molecule has 0 saturated heterocycles. The van der Waals surface area contributed by atoms with Crippen molar-refractivity contribution in [1.29, 1.82) is 0 Å².